The van der Waals surface area contributed by atoms with Gasteiger partial charge in [0.25, 0.3) is 0 Å². The molecule has 10 N–H and O–H groups in total. The van der Waals surface area contributed by atoms with E-state index in [4.69, 9.17) is 19.3 Å². The Bertz CT molecular complexity index is 1250. The zero-order chi connectivity index (χ0) is 41.6. The lowest BCUT2D eigenvalue weighted by molar-refractivity contribution is -0.310. The van der Waals surface area contributed by atoms with E-state index >= 15 is 0 Å². The molecule has 0 aliphatic carbocycles. The molecule has 54 heavy (non-hydrogen) atoms. The van der Waals surface area contributed by atoms with E-state index in [1.807, 2.05) is 19.9 Å². The first kappa shape index (κ1) is 50.0. The van der Waals surface area contributed by atoms with Crippen LogP contribution in [0.4, 0.5) is 0 Å². The first-order valence-electron chi connectivity index (χ1n) is 19.0. The minimum atomic E-state index is -1.71. The fourth-order valence-electron chi connectivity index (χ4n) is 6.71. The van der Waals surface area contributed by atoms with Gasteiger partial charge < -0.3 is 65.3 Å². The highest BCUT2D eigenvalue weighted by Gasteiger charge is 2.45. The quantitative estimate of drug-likeness (QED) is 0.0423. The summed E-state index contributed by atoms with van der Waals surface area (Å²) < 4.78 is 17.0. The summed E-state index contributed by atoms with van der Waals surface area (Å²) in [5, 5.41) is 102. The first-order valence-corrected chi connectivity index (χ1v) is 19.0. The zero-order valence-electron chi connectivity index (χ0n) is 33.7. The van der Waals surface area contributed by atoms with Crippen LogP contribution in [0.3, 0.4) is 0 Å². The highest BCUT2D eigenvalue weighted by molar-refractivity contribution is 5.87. The second-order valence-electron chi connectivity index (χ2n) is 15.4. The van der Waals surface area contributed by atoms with Crippen molar-refractivity contribution in [3.63, 3.8) is 0 Å². The summed E-state index contributed by atoms with van der Waals surface area (Å²) in [4.78, 5) is 12.5. The van der Waals surface area contributed by atoms with Gasteiger partial charge in [-0.15, -0.1) is 0 Å². The van der Waals surface area contributed by atoms with Crippen LogP contribution in [0.15, 0.2) is 46.6 Å². The third-order valence-electron chi connectivity index (χ3n) is 10.3. The van der Waals surface area contributed by atoms with Crippen LogP contribution in [-0.4, -0.2) is 144 Å². The molecule has 1 saturated heterocycles. The second kappa shape index (κ2) is 23.9. The molecule has 0 saturated carbocycles. The summed E-state index contributed by atoms with van der Waals surface area (Å²) in [6, 6.07) is 0. The van der Waals surface area contributed by atoms with E-state index in [9.17, 15) is 50.8 Å². The summed E-state index contributed by atoms with van der Waals surface area (Å²) in [6.45, 7) is 16.7. The van der Waals surface area contributed by atoms with E-state index in [1.165, 1.54) is 13.0 Å². The maximum Gasteiger partial charge on any atom is 0.333 e. The highest BCUT2D eigenvalue weighted by Crippen LogP contribution is 2.30. The van der Waals surface area contributed by atoms with Crippen LogP contribution < -0.4 is 0 Å². The topological polar surface area (TPSA) is 247 Å². The fourth-order valence-corrected chi connectivity index (χ4v) is 6.71. The van der Waals surface area contributed by atoms with Crippen LogP contribution >= 0.6 is 0 Å². The normalized spacial score (nSPS) is 28.3. The molecule has 0 spiro atoms. The van der Waals surface area contributed by atoms with Crippen LogP contribution in [0.2, 0.25) is 0 Å². The van der Waals surface area contributed by atoms with Gasteiger partial charge in [-0.1, -0.05) is 72.3 Å². The third-order valence-corrected chi connectivity index (χ3v) is 10.3. The SMILES string of the molecule is CCC(C)CC(C)C=C(C)C(O[C@@H]1O[C@H](CO)[C@@H](O)[C@H](O)[C@@H]1O)C(C)C=C(C)C(O)C(C)C=C(C)C(O)C(C)C=C(C)C(=O)OC[C@@H](O)[C@H](O)[C@H](O)CO. The average molecular weight is 775 g/mol. The Kier molecular flexibility index (Phi) is 22.1. The Morgan fingerprint density at radius 1 is 0.722 bits per heavy atom. The van der Waals surface area contributed by atoms with Crippen molar-refractivity contribution in [1.29, 1.82) is 0 Å². The van der Waals surface area contributed by atoms with Crippen molar-refractivity contribution in [3.05, 3.63) is 46.6 Å². The van der Waals surface area contributed by atoms with Crippen LogP contribution in [0.1, 0.15) is 82.1 Å². The van der Waals surface area contributed by atoms with E-state index in [1.54, 1.807) is 33.8 Å². The largest absolute Gasteiger partial charge is 0.459 e. The fraction of sp³-hybridized carbons (Fsp3) is 0.775. The number of carbonyl (C=O) groups is 1. The van der Waals surface area contributed by atoms with Gasteiger partial charge in [0, 0.05) is 23.3 Å². The van der Waals surface area contributed by atoms with Gasteiger partial charge in [-0.2, -0.15) is 0 Å². The lowest BCUT2D eigenvalue weighted by Crippen LogP contribution is -2.60. The van der Waals surface area contributed by atoms with Crippen LogP contribution in [0, 0.1) is 29.6 Å². The molecule has 1 aliphatic rings. The monoisotopic (exact) mass is 774 g/mol. The number of aliphatic hydroxyl groups excluding tert-OH is 10. The van der Waals surface area contributed by atoms with Gasteiger partial charge in [-0.3, -0.25) is 0 Å². The van der Waals surface area contributed by atoms with E-state index in [-0.39, 0.29) is 17.4 Å². The van der Waals surface area contributed by atoms with Gasteiger partial charge in [-0.25, -0.2) is 4.79 Å². The third kappa shape index (κ3) is 15.1. The van der Waals surface area contributed by atoms with E-state index < -0.39 is 105 Å². The predicted octanol–water partition coefficient (Wildman–Crippen LogP) is 1.28. The Morgan fingerprint density at radius 2 is 1.26 bits per heavy atom. The zero-order valence-corrected chi connectivity index (χ0v) is 33.7. The minimum Gasteiger partial charge on any atom is -0.459 e. The second-order valence-corrected chi connectivity index (χ2v) is 15.4. The van der Waals surface area contributed by atoms with Crippen molar-refractivity contribution in [1.82, 2.24) is 0 Å². The summed E-state index contributed by atoms with van der Waals surface area (Å²) in [7, 11) is 0. The number of esters is 1. The number of hydrogen-bond donors (Lipinski definition) is 10. The van der Waals surface area contributed by atoms with E-state index in [2.05, 4.69) is 26.8 Å². The molecule has 0 radical (unpaired) electrons. The molecule has 14 nitrogen and oxygen atoms in total. The molecule has 16 atom stereocenters. The van der Waals surface area contributed by atoms with Crippen molar-refractivity contribution in [3.8, 4) is 0 Å². The summed E-state index contributed by atoms with van der Waals surface area (Å²) in [5.41, 5.74) is 2.14. The molecule has 314 valence electrons. The minimum absolute atomic E-state index is 0.138. The lowest BCUT2D eigenvalue weighted by atomic mass is 9.87. The summed E-state index contributed by atoms with van der Waals surface area (Å²) in [6.07, 6.45) is -5.61. The molecule has 0 aromatic carbocycles. The molecule has 0 aromatic heterocycles. The molecule has 0 amide bonds. The smallest absolute Gasteiger partial charge is 0.333 e. The number of allylic oxidation sites excluding steroid dienone is 1. The van der Waals surface area contributed by atoms with Crippen LogP contribution in [-0.2, 0) is 19.0 Å². The number of aliphatic hydroxyl groups is 10. The van der Waals surface area contributed by atoms with Crippen LogP contribution in [0.25, 0.3) is 0 Å². The van der Waals surface area contributed by atoms with Gasteiger partial charge in [0.1, 0.15) is 49.3 Å². The average Bonchev–Trinajstić information content (AvgIpc) is 3.13. The van der Waals surface area contributed by atoms with Gasteiger partial charge in [-0.05, 0) is 62.7 Å². The molecule has 1 aliphatic heterocycles. The number of carbonyl (C=O) groups excluding carboxylic acids is 1. The first-order chi connectivity index (χ1) is 25.1. The summed E-state index contributed by atoms with van der Waals surface area (Å²) in [5.74, 6) is -1.49. The van der Waals surface area contributed by atoms with Gasteiger partial charge >= 0.3 is 5.97 Å². The molecular formula is C40H70O14. The van der Waals surface area contributed by atoms with Crippen molar-refractivity contribution in [2.75, 3.05) is 19.8 Å². The Hall–Kier alpha value is -2.05. The van der Waals surface area contributed by atoms with Crippen molar-refractivity contribution in [2.45, 2.75) is 149 Å². The number of rotatable bonds is 22. The molecule has 0 bridgehead atoms. The maximum atomic E-state index is 12.5. The molecule has 14 heteroatoms. The summed E-state index contributed by atoms with van der Waals surface area (Å²) >= 11 is 0. The van der Waals surface area contributed by atoms with Gasteiger partial charge in [0.15, 0.2) is 6.29 Å². The van der Waals surface area contributed by atoms with Crippen LogP contribution in [0.5, 0.6) is 0 Å². The Morgan fingerprint density at radius 3 is 1.78 bits per heavy atom. The molecule has 1 fully saturated rings. The Labute approximate surface area is 321 Å². The number of hydrogen-bond acceptors (Lipinski definition) is 14. The molecule has 8 unspecified atom stereocenters. The Balaban J connectivity index is 3.18. The van der Waals surface area contributed by atoms with Crippen molar-refractivity contribution >= 4 is 5.97 Å². The molecule has 1 rings (SSSR count). The molecule has 1 heterocycles. The van der Waals surface area contributed by atoms with Crippen molar-refractivity contribution < 1.29 is 70.1 Å². The van der Waals surface area contributed by atoms with E-state index in [0.29, 0.717) is 17.1 Å². The number of ether oxygens (including phenoxy) is 3. The standard InChI is InChI=1S/C40H70O14/c1-11-20(2)12-21(3)13-26(8)38(54-40-37(50)36(49)35(48)31(18-42)53-40)27(9)15-24(6)32(45)22(4)14-23(5)33(46)25(7)16-28(10)39(51)52-19-30(44)34(47)29(43)17-41/h13-16,20-22,25,27,29-38,40-50H,11-12,17-19H2,1-10H3/t20?,21?,22?,25?,27?,29-,30-,31-,32?,33?,34-,35-,36+,37+,38?,40+/m1/s1. The molecule has 0 aromatic rings. The lowest BCUT2D eigenvalue weighted by Gasteiger charge is -2.41. The van der Waals surface area contributed by atoms with Gasteiger partial charge in [0.2, 0.25) is 0 Å². The van der Waals surface area contributed by atoms with E-state index in [0.717, 1.165) is 18.4 Å². The van der Waals surface area contributed by atoms with Gasteiger partial charge in [0.05, 0.1) is 31.5 Å². The van der Waals surface area contributed by atoms with Crippen molar-refractivity contribution in [2.24, 2.45) is 29.6 Å². The highest BCUT2D eigenvalue weighted by atomic mass is 16.7. The predicted molar refractivity (Wildman–Crippen MR) is 202 cm³/mol. The molecular weight excluding hydrogens is 704 g/mol. The maximum absolute atomic E-state index is 12.5.